The van der Waals surface area contributed by atoms with Crippen molar-refractivity contribution in [3.05, 3.63) is 115 Å². The average molecular weight is 426 g/mol. The molecule has 0 aliphatic rings. The SMILES string of the molecule is O=C(CN(Cc1ccco1)C(=O)c1ccc(Oc2ccccc2)cc1)Nc1ccccc1. The monoisotopic (exact) mass is 426 g/mol. The maximum absolute atomic E-state index is 13.2. The van der Waals surface area contributed by atoms with Crippen molar-refractivity contribution in [1.82, 2.24) is 4.90 Å². The van der Waals surface area contributed by atoms with Crippen LogP contribution >= 0.6 is 0 Å². The predicted molar refractivity (Wildman–Crippen MR) is 121 cm³/mol. The molecule has 0 fully saturated rings. The fourth-order valence-corrected chi connectivity index (χ4v) is 3.16. The molecular weight excluding hydrogens is 404 g/mol. The van der Waals surface area contributed by atoms with Crippen LogP contribution in [0.1, 0.15) is 16.1 Å². The van der Waals surface area contributed by atoms with E-state index in [1.165, 1.54) is 11.2 Å². The minimum atomic E-state index is -0.292. The molecule has 0 saturated carbocycles. The molecule has 3 aromatic carbocycles. The molecule has 0 aliphatic heterocycles. The van der Waals surface area contributed by atoms with Crippen molar-refractivity contribution in [2.75, 3.05) is 11.9 Å². The Morgan fingerprint density at radius 3 is 2.09 bits per heavy atom. The lowest BCUT2D eigenvalue weighted by molar-refractivity contribution is -0.117. The van der Waals surface area contributed by atoms with Gasteiger partial charge in [0, 0.05) is 11.3 Å². The minimum absolute atomic E-state index is 0.114. The summed E-state index contributed by atoms with van der Waals surface area (Å²) in [5.74, 6) is 1.35. The third-order valence-corrected chi connectivity index (χ3v) is 4.69. The third-order valence-electron chi connectivity index (χ3n) is 4.69. The first-order valence-corrected chi connectivity index (χ1v) is 10.2. The highest BCUT2D eigenvalue weighted by Gasteiger charge is 2.20. The zero-order valence-electron chi connectivity index (χ0n) is 17.3. The van der Waals surface area contributed by atoms with Gasteiger partial charge in [-0.1, -0.05) is 36.4 Å². The first kappa shape index (κ1) is 20.9. The molecule has 6 heteroatoms. The maximum Gasteiger partial charge on any atom is 0.254 e. The Hall–Kier alpha value is -4.32. The highest BCUT2D eigenvalue weighted by Crippen LogP contribution is 2.22. The van der Waals surface area contributed by atoms with E-state index in [0.29, 0.717) is 28.5 Å². The number of hydrogen-bond acceptors (Lipinski definition) is 4. The summed E-state index contributed by atoms with van der Waals surface area (Å²) in [7, 11) is 0. The number of carbonyl (C=O) groups is 2. The number of nitrogens with zero attached hydrogens (tertiary/aromatic N) is 1. The zero-order valence-corrected chi connectivity index (χ0v) is 17.3. The number of ether oxygens (including phenoxy) is 1. The summed E-state index contributed by atoms with van der Waals surface area (Å²) in [4.78, 5) is 27.2. The summed E-state index contributed by atoms with van der Waals surface area (Å²) in [5, 5.41) is 2.81. The van der Waals surface area contributed by atoms with Gasteiger partial charge in [-0.2, -0.15) is 0 Å². The molecular formula is C26H22N2O4. The fraction of sp³-hybridized carbons (Fsp3) is 0.0769. The number of hydrogen-bond donors (Lipinski definition) is 1. The van der Waals surface area contributed by atoms with Gasteiger partial charge in [-0.05, 0) is 60.7 Å². The van der Waals surface area contributed by atoms with Crippen LogP contribution in [0.5, 0.6) is 11.5 Å². The second-order valence-corrected chi connectivity index (χ2v) is 7.09. The molecule has 4 aromatic rings. The smallest absolute Gasteiger partial charge is 0.254 e. The van der Waals surface area contributed by atoms with Crippen LogP contribution in [-0.4, -0.2) is 23.3 Å². The summed E-state index contributed by atoms with van der Waals surface area (Å²) < 4.78 is 11.2. The highest BCUT2D eigenvalue weighted by atomic mass is 16.5. The van der Waals surface area contributed by atoms with Crippen molar-refractivity contribution in [2.24, 2.45) is 0 Å². The quantitative estimate of drug-likeness (QED) is 0.412. The van der Waals surface area contributed by atoms with Gasteiger partial charge in [-0.3, -0.25) is 9.59 Å². The van der Waals surface area contributed by atoms with E-state index in [9.17, 15) is 9.59 Å². The van der Waals surface area contributed by atoms with Crippen molar-refractivity contribution < 1.29 is 18.7 Å². The van der Waals surface area contributed by atoms with Crippen molar-refractivity contribution in [3.8, 4) is 11.5 Å². The Balaban J connectivity index is 1.47. The fourth-order valence-electron chi connectivity index (χ4n) is 3.16. The predicted octanol–water partition coefficient (Wildman–Crippen LogP) is 5.35. The molecule has 6 nitrogen and oxygen atoms in total. The standard InChI is InChI=1S/C26H22N2O4/c29-25(27-21-8-3-1-4-9-21)19-28(18-24-12-7-17-31-24)26(30)20-13-15-23(16-14-20)32-22-10-5-2-6-11-22/h1-17H,18-19H2,(H,27,29). The Morgan fingerprint density at radius 1 is 0.781 bits per heavy atom. The molecule has 0 unspecified atom stereocenters. The van der Waals surface area contributed by atoms with Gasteiger partial charge in [-0.15, -0.1) is 0 Å². The van der Waals surface area contributed by atoms with Gasteiger partial charge in [0.1, 0.15) is 23.8 Å². The van der Waals surface area contributed by atoms with E-state index in [-0.39, 0.29) is 24.9 Å². The zero-order chi connectivity index (χ0) is 22.2. The van der Waals surface area contributed by atoms with E-state index < -0.39 is 0 Å². The molecule has 0 spiro atoms. The van der Waals surface area contributed by atoms with Gasteiger partial charge in [0.2, 0.25) is 5.91 Å². The van der Waals surface area contributed by atoms with Crippen LogP contribution in [0.4, 0.5) is 5.69 Å². The van der Waals surface area contributed by atoms with Crippen molar-refractivity contribution in [2.45, 2.75) is 6.54 Å². The Bertz CT molecular complexity index is 1140. The molecule has 4 rings (SSSR count). The lowest BCUT2D eigenvalue weighted by Gasteiger charge is -2.21. The van der Waals surface area contributed by atoms with Gasteiger partial charge in [0.25, 0.3) is 5.91 Å². The summed E-state index contributed by atoms with van der Waals surface area (Å²) in [5.41, 5.74) is 1.12. The lowest BCUT2D eigenvalue weighted by Crippen LogP contribution is -2.37. The number of rotatable bonds is 8. The summed E-state index contributed by atoms with van der Waals surface area (Å²) in [6, 6.07) is 28.9. The first-order valence-electron chi connectivity index (χ1n) is 10.2. The highest BCUT2D eigenvalue weighted by molar-refractivity contribution is 5.99. The summed E-state index contributed by atoms with van der Waals surface area (Å²) in [6.45, 7) is 0.0625. The second kappa shape index (κ2) is 10.1. The number of benzene rings is 3. The summed E-state index contributed by atoms with van der Waals surface area (Å²) in [6.07, 6.45) is 1.54. The molecule has 1 heterocycles. The normalized spacial score (nSPS) is 10.4. The number of carbonyl (C=O) groups excluding carboxylic acids is 2. The van der Waals surface area contributed by atoms with Gasteiger partial charge >= 0.3 is 0 Å². The van der Waals surface area contributed by atoms with E-state index in [1.54, 1.807) is 48.5 Å². The number of para-hydroxylation sites is 2. The number of anilines is 1. The van der Waals surface area contributed by atoms with Crippen LogP contribution in [0, 0.1) is 0 Å². The molecule has 0 radical (unpaired) electrons. The van der Waals surface area contributed by atoms with E-state index >= 15 is 0 Å². The van der Waals surface area contributed by atoms with Gasteiger partial charge < -0.3 is 19.4 Å². The van der Waals surface area contributed by atoms with Crippen molar-refractivity contribution in [3.63, 3.8) is 0 Å². The Kier molecular flexibility index (Phi) is 6.63. The van der Waals surface area contributed by atoms with Crippen LogP contribution < -0.4 is 10.1 Å². The van der Waals surface area contributed by atoms with E-state index in [1.807, 2.05) is 48.5 Å². The lowest BCUT2D eigenvalue weighted by atomic mass is 10.2. The first-order chi connectivity index (χ1) is 15.7. The molecule has 0 atom stereocenters. The van der Waals surface area contributed by atoms with E-state index in [2.05, 4.69) is 5.32 Å². The Labute approximate surface area is 186 Å². The molecule has 160 valence electrons. The molecule has 0 aliphatic carbocycles. The van der Waals surface area contributed by atoms with Gasteiger partial charge in [0.05, 0.1) is 12.8 Å². The van der Waals surface area contributed by atoms with E-state index in [0.717, 1.165) is 0 Å². The van der Waals surface area contributed by atoms with Crippen molar-refractivity contribution >= 4 is 17.5 Å². The van der Waals surface area contributed by atoms with Gasteiger partial charge in [-0.25, -0.2) is 0 Å². The minimum Gasteiger partial charge on any atom is -0.467 e. The molecule has 1 aromatic heterocycles. The van der Waals surface area contributed by atoms with Crippen LogP contribution in [0.2, 0.25) is 0 Å². The van der Waals surface area contributed by atoms with E-state index in [4.69, 9.17) is 9.15 Å². The molecule has 1 N–H and O–H groups in total. The molecule has 32 heavy (non-hydrogen) atoms. The van der Waals surface area contributed by atoms with Gasteiger partial charge in [0.15, 0.2) is 0 Å². The largest absolute Gasteiger partial charge is 0.467 e. The van der Waals surface area contributed by atoms with Crippen LogP contribution in [-0.2, 0) is 11.3 Å². The summed E-state index contributed by atoms with van der Waals surface area (Å²) >= 11 is 0. The molecule has 2 amide bonds. The third kappa shape index (κ3) is 5.64. The maximum atomic E-state index is 13.2. The molecule has 0 bridgehead atoms. The Morgan fingerprint density at radius 2 is 1.44 bits per heavy atom. The van der Waals surface area contributed by atoms with Crippen molar-refractivity contribution in [1.29, 1.82) is 0 Å². The van der Waals surface area contributed by atoms with Crippen LogP contribution in [0.15, 0.2) is 108 Å². The van der Waals surface area contributed by atoms with Crippen LogP contribution in [0.25, 0.3) is 0 Å². The second-order valence-electron chi connectivity index (χ2n) is 7.09. The number of nitrogens with one attached hydrogen (secondary N) is 1. The molecule has 0 saturated heterocycles. The topological polar surface area (TPSA) is 71.8 Å². The number of amides is 2. The average Bonchev–Trinajstić information content (AvgIpc) is 3.33. The van der Waals surface area contributed by atoms with Crippen LogP contribution in [0.3, 0.4) is 0 Å². The number of furan rings is 1.